The van der Waals surface area contributed by atoms with E-state index in [-0.39, 0.29) is 16.8 Å². The summed E-state index contributed by atoms with van der Waals surface area (Å²) < 4.78 is 40.8. The largest absolute Gasteiger partial charge is 0.478 e. The van der Waals surface area contributed by atoms with Crippen LogP contribution < -0.4 is 5.56 Å². The zero-order valence-corrected chi connectivity index (χ0v) is 11.1. The molecule has 2 aromatic rings. The molecular formula is C14H10F3NO3. The van der Waals surface area contributed by atoms with Crippen molar-refractivity contribution in [2.45, 2.75) is 13.8 Å². The standard InChI is InChI=1S/C14H10F3NO3/c1-6-5-10(19)18(7(2)11(6)14(20)21)9-4-3-8(15)12(16)13(9)17/h3-5H,1-2H3,(H,20,21). The Morgan fingerprint density at radius 2 is 1.76 bits per heavy atom. The lowest BCUT2D eigenvalue weighted by molar-refractivity contribution is 0.0694. The van der Waals surface area contributed by atoms with Crippen LogP contribution in [0.4, 0.5) is 13.2 Å². The predicted molar refractivity (Wildman–Crippen MR) is 68.3 cm³/mol. The first-order valence-electron chi connectivity index (χ1n) is 5.86. The molecule has 2 rings (SSSR count). The minimum Gasteiger partial charge on any atom is -0.478 e. The SMILES string of the molecule is Cc1cc(=O)n(-c2ccc(F)c(F)c2F)c(C)c1C(=O)O. The van der Waals surface area contributed by atoms with Gasteiger partial charge in [0.2, 0.25) is 0 Å². The lowest BCUT2D eigenvalue weighted by atomic mass is 10.1. The summed E-state index contributed by atoms with van der Waals surface area (Å²) in [5.41, 5.74) is -1.35. The van der Waals surface area contributed by atoms with Gasteiger partial charge in [-0.25, -0.2) is 18.0 Å². The fourth-order valence-corrected chi connectivity index (χ4v) is 2.20. The fourth-order valence-electron chi connectivity index (χ4n) is 2.20. The molecule has 0 unspecified atom stereocenters. The van der Waals surface area contributed by atoms with E-state index >= 15 is 0 Å². The van der Waals surface area contributed by atoms with Crippen LogP contribution in [0.25, 0.3) is 5.69 Å². The molecule has 0 fully saturated rings. The van der Waals surface area contributed by atoms with Crippen molar-refractivity contribution in [3.63, 3.8) is 0 Å². The molecule has 0 aliphatic rings. The molecule has 1 aromatic carbocycles. The Morgan fingerprint density at radius 1 is 1.14 bits per heavy atom. The molecule has 0 atom stereocenters. The average molecular weight is 297 g/mol. The normalized spacial score (nSPS) is 10.7. The summed E-state index contributed by atoms with van der Waals surface area (Å²) in [4.78, 5) is 23.2. The smallest absolute Gasteiger partial charge is 0.337 e. The van der Waals surface area contributed by atoms with Crippen LogP contribution in [0, 0.1) is 31.3 Å². The van der Waals surface area contributed by atoms with Gasteiger partial charge in [0, 0.05) is 11.8 Å². The summed E-state index contributed by atoms with van der Waals surface area (Å²) in [5, 5.41) is 9.13. The third-order valence-corrected chi connectivity index (χ3v) is 3.12. The van der Waals surface area contributed by atoms with Crippen LogP contribution in [-0.2, 0) is 0 Å². The maximum atomic E-state index is 13.8. The summed E-state index contributed by atoms with van der Waals surface area (Å²) in [6, 6.07) is 2.54. The molecule has 0 saturated carbocycles. The second kappa shape index (κ2) is 5.08. The number of hydrogen-bond donors (Lipinski definition) is 1. The number of rotatable bonds is 2. The highest BCUT2D eigenvalue weighted by Gasteiger charge is 2.21. The summed E-state index contributed by atoms with van der Waals surface area (Å²) in [5.74, 6) is -5.98. The Hall–Kier alpha value is -2.57. The third kappa shape index (κ3) is 2.31. The molecule has 0 aliphatic carbocycles. The molecule has 110 valence electrons. The molecule has 0 amide bonds. The van der Waals surface area contributed by atoms with Gasteiger partial charge in [0.1, 0.15) is 0 Å². The molecule has 0 spiro atoms. The first kappa shape index (κ1) is 14.8. The number of pyridine rings is 1. The second-order valence-corrected chi connectivity index (χ2v) is 4.46. The second-order valence-electron chi connectivity index (χ2n) is 4.46. The molecule has 4 nitrogen and oxygen atoms in total. The molecule has 0 radical (unpaired) electrons. The van der Waals surface area contributed by atoms with Gasteiger partial charge in [-0.15, -0.1) is 0 Å². The van der Waals surface area contributed by atoms with Crippen LogP contribution in [0.3, 0.4) is 0 Å². The number of aryl methyl sites for hydroxylation is 1. The highest BCUT2D eigenvalue weighted by Crippen LogP contribution is 2.21. The Bertz CT molecular complexity index is 812. The Labute approximate surface area is 117 Å². The van der Waals surface area contributed by atoms with E-state index < -0.39 is 34.7 Å². The van der Waals surface area contributed by atoms with Gasteiger partial charge in [0.05, 0.1) is 11.3 Å². The van der Waals surface area contributed by atoms with Gasteiger partial charge < -0.3 is 5.11 Å². The average Bonchev–Trinajstić information content (AvgIpc) is 2.37. The van der Waals surface area contributed by atoms with Crippen LogP contribution in [0.5, 0.6) is 0 Å². The first-order chi connectivity index (χ1) is 9.75. The van der Waals surface area contributed by atoms with Crippen LogP contribution in [-0.4, -0.2) is 15.6 Å². The zero-order chi connectivity index (χ0) is 15.9. The quantitative estimate of drug-likeness (QED) is 0.867. The molecule has 0 bridgehead atoms. The van der Waals surface area contributed by atoms with E-state index in [1.165, 1.54) is 13.8 Å². The first-order valence-corrected chi connectivity index (χ1v) is 5.86. The van der Waals surface area contributed by atoms with Gasteiger partial charge in [-0.05, 0) is 31.5 Å². The number of hydrogen-bond acceptors (Lipinski definition) is 2. The molecular weight excluding hydrogens is 287 g/mol. The van der Waals surface area contributed by atoms with Crippen molar-refractivity contribution in [2.24, 2.45) is 0 Å². The van der Waals surface area contributed by atoms with E-state index in [9.17, 15) is 22.8 Å². The fraction of sp³-hybridized carbons (Fsp3) is 0.143. The van der Waals surface area contributed by atoms with E-state index in [4.69, 9.17) is 5.11 Å². The van der Waals surface area contributed by atoms with Crippen molar-refractivity contribution in [3.8, 4) is 5.69 Å². The summed E-state index contributed by atoms with van der Waals surface area (Å²) in [7, 11) is 0. The van der Waals surface area contributed by atoms with Crippen molar-refractivity contribution >= 4 is 5.97 Å². The zero-order valence-electron chi connectivity index (χ0n) is 11.1. The topological polar surface area (TPSA) is 59.3 Å². The molecule has 0 aliphatic heterocycles. The lowest BCUT2D eigenvalue weighted by Crippen LogP contribution is -2.25. The van der Waals surface area contributed by atoms with Gasteiger partial charge in [-0.1, -0.05) is 0 Å². The number of aromatic carboxylic acids is 1. The Morgan fingerprint density at radius 3 is 2.33 bits per heavy atom. The number of aromatic nitrogens is 1. The molecule has 1 aromatic heterocycles. The van der Waals surface area contributed by atoms with Crippen molar-refractivity contribution in [3.05, 3.63) is 62.8 Å². The molecule has 1 N–H and O–H groups in total. The van der Waals surface area contributed by atoms with E-state index in [0.29, 0.717) is 10.6 Å². The third-order valence-electron chi connectivity index (χ3n) is 3.12. The number of carboxylic acid groups (broad SMARTS) is 1. The van der Waals surface area contributed by atoms with Gasteiger partial charge in [-0.3, -0.25) is 9.36 Å². The van der Waals surface area contributed by atoms with Gasteiger partial charge in [0.25, 0.3) is 5.56 Å². The van der Waals surface area contributed by atoms with Crippen molar-refractivity contribution in [2.75, 3.05) is 0 Å². The van der Waals surface area contributed by atoms with Crippen molar-refractivity contribution < 1.29 is 23.1 Å². The van der Waals surface area contributed by atoms with E-state index in [0.717, 1.165) is 12.1 Å². The van der Waals surface area contributed by atoms with Crippen molar-refractivity contribution in [1.82, 2.24) is 4.57 Å². The number of nitrogens with zero attached hydrogens (tertiary/aromatic N) is 1. The number of carboxylic acids is 1. The minimum absolute atomic E-state index is 0.0718. The van der Waals surface area contributed by atoms with E-state index in [1.54, 1.807) is 0 Å². The van der Waals surface area contributed by atoms with Crippen molar-refractivity contribution in [1.29, 1.82) is 0 Å². The van der Waals surface area contributed by atoms with Crippen LogP contribution >= 0.6 is 0 Å². The highest BCUT2D eigenvalue weighted by molar-refractivity contribution is 5.90. The number of benzene rings is 1. The van der Waals surface area contributed by atoms with E-state index in [1.807, 2.05) is 0 Å². The minimum atomic E-state index is -1.73. The molecule has 21 heavy (non-hydrogen) atoms. The maximum Gasteiger partial charge on any atom is 0.337 e. The summed E-state index contributed by atoms with van der Waals surface area (Å²) >= 11 is 0. The van der Waals surface area contributed by atoms with Crippen LogP contribution in [0.15, 0.2) is 23.0 Å². The molecule has 1 heterocycles. The predicted octanol–water partition coefficient (Wildman–Crippen LogP) is 2.57. The summed E-state index contributed by atoms with van der Waals surface area (Å²) in [6.07, 6.45) is 0. The summed E-state index contributed by atoms with van der Waals surface area (Å²) in [6.45, 7) is 2.71. The van der Waals surface area contributed by atoms with Gasteiger partial charge in [-0.2, -0.15) is 0 Å². The molecule has 0 saturated heterocycles. The molecule has 7 heteroatoms. The Kier molecular flexibility index (Phi) is 3.59. The maximum absolute atomic E-state index is 13.8. The Balaban J connectivity index is 2.89. The van der Waals surface area contributed by atoms with Crippen LogP contribution in [0.2, 0.25) is 0 Å². The lowest BCUT2D eigenvalue weighted by Gasteiger charge is -2.15. The number of halogens is 3. The van der Waals surface area contributed by atoms with Gasteiger partial charge in [0.15, 0.2) is 17.5 Å². The van der Waals surface area contributed by atoms with Crippen LogP contribution in [0.1, 0.15) is 21.6 Å². The highest BCUT2D eigenvalue weighted by atomic mass is 19.2. The number of carbonyl (C=O) groups is 1. The van der Waals surface area contributed by atoms with Gasteiger partial charge >= 0.3 is 5.97 Å². The monoisotopic (exact) mass is 297 g/mol. The van der Waals surface area contributed by atoms with E-state index in [2.05, 4.69) is 0 Å².